The number of benzene rings is 1. The summed E-state index contributed by atoms with van der Waals surface area (Å²) in [7, 11) is 0. The second-order valence-corrected chi connectivity index (χ2v) is 10.9. The number of nitrogens with zero attached hydrogens (tertiary/aromatic N) is 1. The molecule has 2 atom stereocenters. The molecular formula is C31H47N3O6. The number of alkyl carbamates (subject to hydrolysis) is 1. The van der Waals surface area contributed by atoms with Crippen LogP contribution in [0, 0.1) is 18.3 Å². The first-order chi connectivity index (χ1) is 18.9. The van der Waals surface area contributed by atoms with E-state index in [0.717, 1.165) is 19.3 Å². The molecule has 0 aromatic heterocycles. The van der Waals surface area contributed by atoms with Crippen molar-refractivity contribution in [2.45, 2.75) is 98.3 Å². The van der Waals surface area contributed by atoms with Crippen LogP contribution in [0.15, 0.2) is 24.3 Å². The van der Waals surface area contributed by atoms with Crippen molar-refractivity contribution in [2.24, 2.45) is 5.92 Å². The molecular weight excluding hydrogens is 510 g/mol. The number of esters is 1. The van der Waals surface area contributed by atoms with Gasteiger partial charge in [-0.05, 0) is 51.7 Å². The zero-order valence-corrected chi connectivity index (χ0v) is 25.2. The Morgan fingerprint density at radius 3 is 2.30 bits per heavy atom. The van der Waals surface area contributed by atoms with Crippen molar-refractivity contribution in [1.29, 1.82) is 0 Å². The quantitative estimate of drug-likeness (QED) is 0.183. The minimum atomic E-state index is -1.08. The highest BCUT2D eigenvalue weighted by Gasteiger charge is 2.38. The summed E-state index contributed by atoms with van der Waals surface area (Å²) in [5, 5.41) is 5.50. The van der Waals surface area contributed by atoms with Crippen molar-refractivity contribution in [3.8, 4) is 12.3 Å². The molecule has 3 amide bonds. The van der Waals surface area contributed by atoms with Gasteiger partial charge >= 0.3 is 12.1 Å². The van der Waals surface area contributed by atoms with Gasteiger partial charge in [-0.3, -0.25) is 14.4 Å². The first-order valence-electron chi connectivity index (χ1n) is 14.1. The van der Waals surface area contributed by atoms with Gasteiger partial charge in [-0.1, -0.05) is 64.2 Å². The topological polar surface area (TPSA) is 114 Å². The van der Waals surface area contributed by atoms with Crippen LogP contribution in [0.25, 0.3) is 0 Å². The molecule has 0 radical (unpaired) electrons. The molecule has 2 unspecified atom stereocenters. The van der Waals surface area contributed by atoms with Crippen LogP contribution in [0.3, 0.4) is 0 Å². The van der Waals surface area contributed by atoms with Gasteiger partial charge in [-0.2, -0.15) is 0 Å². The number of hydrogen-bond acceptors (Lipinski definition) is 6. The fourth-order valence-electron chi connectivity index (χ4n) is 4.14. The molecule has 222 valence electrons. The summed E-state index contributed by atoms with van der Waals surface area (Å²) < 4.78 is 10.4. The number of ether oxygens (including phenoxy) is 2. The van der Waals surface area contributed by atoms with Crippen LogP contribution >= 0.6 is 0 Å². The van der Waals surface area contributed by atoms with Crippen LogP contribution in [0.4, 0.5) is 4.79 Å². The Kier molecular flexibility index (Phi) is 14.8. The summed E-state index contributed by atoms with van der Waals surface area (Å²) in [4.78, 5) is 54.0. The van der Waals surface area contributed by atoms with Crippen LogP contribution < -0.4 is 10.6 Å². The van der Waals surface area contributed by atoms with Crippen molar-refractivity contribution in [3.05, 3.63) is 35.4 Å². The minimum Gasteiger partial charge on any atom is -0.466 e. The third-order valence-electron chi connectivity index (χ3n) is 6.05. The molecule has 0 aliphatic rings. The lowest BCUT2D eigenvalue weighted by Crippen LogP contribution is -2.55. The fraction of sp³-hybridized carbons (Fsp3) is 0.613. The SMILES string of the molecule is C#Cc1ccccc1C(C(=O)NCCC(=O)OCC)N(CCCCCC)C(=O)C(NC(=O)OC(C)(C)C)C(C)C. The van der Waals surface area contributed by atoms with E-state index < -0.39 is 41.6 Å². The van der Waals surface area contributed by atoms with E-state index in [2.05, 4.69) is 23.5 Å². The number of carbonyl (C=O) groups excluding carboxylic acids is 4. The van der Waals surface area contributed by atoms with Gasteiger partial charge in [0.2, 0.25) is 11.8 Å². The van der Waals surface area contributed by atoms with E-state index in [4.69, 9.17) is 15.9 Å². The van der Waals surface area contributed by atoms with Gasteiger partial charge < -0.3 is 25.0 Å². The number of terminal acetylenes is 1. The van der Waals surface area contributed by atoms with Crippen molar-refractivity contribution in [2.75, 3.05) is 19.7 Å². The molecule has 0 aliphatic heterocycles. The van der Waals surface area contributed by atoms with Crippen molar-refractivity contribution >= 4 is 23.9 Å². The van der Waals surface area contributed by atoms with Crippen LogP contribution in [0.1, 0.15) is 97.7 Å². The van der Waals surface area contributed by atoms with Crippen LogP contribution in [0.5, 0.6) is 0 Å². The third kappa shape index (κ3) is 11.7. The second kappa shape index (κ2) is 17.2. The third-order valence-corrected chi connectivity index (χ3v) is 6.05. The predicted molar refractivity (Wildman–Crippen MR) is 155 cm³/mol. The van der Waals surface area contributed by atoms with Crippen molar-refractivity contribution < 1.29 is 28.7 Å². The first-order valence-corrected chi connectivity index (χ1v) is 14.1. The van der Waals surface area contributed by atoms with Crippen LogP contribution in [-0.2, 0) is 23.9 Å². The smallest absolute Gasteiger partial charge is 0.408 e. The molecule has 9 heteroatoms. The molecule has 40 heavy (non-hydrogen) atoms. The van der Waals surface area contributed by atoms with E-state index in [-0.39, 0.29) is 32.0 Å². The van der Waals surface area contributed by atoms with Gasteiger partial charge in [0.15, 0.2) is 0 Å². The minimum absolute atomic E-state index is 0.0116. The maximum Gasteiger partial charge on any atom is 0.408 e. The van der Waals surface area contributed by atoms with Gasteiger partial charge in [-0.15, -0.1) is 6.42 Å². The lowest BCUT2D eigenvalue weighted by atomic mass is 9.95. The highest BCUT2D eigenvalue weighted by Crippen LogP contribution is 2.27. The Morgan fingerprint density at radius 2 is 1.73 bits per heavy atom. The van der Waals surface area contributed by atoms with E-state index in [0.29, 0.717) is 17.5 Å². The number of carbonyl (C=O) groups is 4. The number of rotatable bonds is 15. The summed E-state index contributed by atoms with van der Waals surface area (Å²) in [6.07, 6.45) is 8.55. The number of amides is 3. The molecule has 0 saturated carbocycles. The largest absolute Gasteiger partial charge is 0.466 e. The molecule has 9 nitrogen and oxygen atoms in total. The standard InChI is InChI=1S/C31H47N3O6/c1-9-12-13-16-21-34(29(37)26(22(4)5)33-30(38)40-31(6,7)8)27(24-18-15-14-17-23(24)10-2)28(36)32-20-19-25(35)39-11-3/h2,14-15,17-18,22,26-27H,9,11-13,16,19-21H2,1,3-8H3,(H,32,36)(H,33,38). The number of unbranched alkanes of at least 4 members (excludes halogenated alkanes) is 3. The second-order valence-electron chi connectivity index (χ2n) is 10.9. The molecule has 0 saturated heterocycles. The average Bonchev–Trinajstić information content (AvgIpc) is 2.87. The molecule has 2 N–H and O–H groups in total. The lowest BCUT2D eigenvalue weighted by molar-refractivity contribution is -0.144. The van der Waals surface area contributed by atoms with E-state index in [1.807, 2.05) is 13.8 Å². The zero-order valence-electron chi connectivity index (χ0n) is 25.2. The first kappa shape index (κ1) is 34.5. The zero-order chi connectivity index (χ0) is 30.3. The normalized spacial score (nSPS) is 12.6. The maximum absolute atomic E-state index is 14.2. The Hall–Kier alpha value is -3.54. The summed E-state index contributed by atoms with van der Waals surface area (Å²) in [6, 6.07) is 4.94. The van der Waals surface area contributed by atoms with Crippen LogP contribution in [0.2, 0.25) is 0 Å². The molecule has 1 aromatic rings. The summed E-state index contributed by atoms with van der Waals surface area (Å²) in [6.45, 7) is 13.2. The maximum atomic E-state index is 14.2. The Bertz CT molecular complexity index is 1020. The van der Waals surface area contributed by atoms with Gasteiger partial charge in [0.25, 0.3) is 0 Å². The summed E-state index contributed by atoms with van der Waals surface area (Å²) in [5.41, 5.74) is 0.213. The molecule has 0 aliphatic carbocycles. The monoisotopic (exact) mass is 557 g/mol. The Balaban J connectivity index is 3.50. The van der Waals surface area contributed by atoms with Gasteiger partial charge in [-0.25, -0.2) is 4.79 Å². The van der Waals surface area contributed by atoms with E-state index >= 15 is 0 Å². The lowest BCUT2D eigenvalue weighted by Gasteiger charge is -2.36. The number of nitrogens with one attached hydrogen (secondary N) is 2. The molecule has 0 heterocycles. The highest BCUT2D eigenvalue weighted by atomic mass is 16.6. The molecule has 0 bridgehead atoms. The molecule has 1 aromatic carbocycles. The average molecular weight is 558 g/mol. The molecule has 0 fully saturated rings. The van der Waals surface area contributed by atoms with Crippen molar-refractivity contribution in [3.63, 3.8) is 0 Å². The summed E-state index contributed by atoms with van der Waals surface area (Å²) >= 11 is 0. The van der Waals surface area contributed by atoms with Gasteiger partial charge in [0, 0.05) is 18.7 Å². The van der Waals surface area contributed by atoms with E-state index in [1.165, 1.54) is 4.90 Å². The van der Waals surface area contributed by atoms with Crippen LogP contribution in [-0.4, -0.2) is 60.1 Å². The highest BCUT2D eigenvalue weighted by molar-refractivity contribution is 5.92. The van der Waals surface area contributed by atoms with Crippen molar-refractivity contribution in [1.82, 2.24) is 15.5 Å². The predicted octanol–water partition coefficient (Wildman–Crippen LogP) is 4.74. The number of hydrogen-bond donors (Lipinski definition) is 2. The molecule has 1 rings (SSSR count). The van der Waals surface area contributed by atoms with E-state index in [9.17, 15) is 19.2 Å². The molecule has 0 spiro atoms. The van der Waals surface area contributed by atoms with Gasteiger partial charge in [0.05, 0.1) is 13.0 Å². The van der Waals surface area contributed by atoms with Gasteiger partial charge in [0.1, 0.15) is 17.7 Å². The Labute approximate surface area is 239 Å². The Morgan fingerprint density at radius 1 is 1.05 bits per heavy atom. The van der Waals surface area contributed by atoms with E-state index in [1.54, 1.807) is 52.0 Å². The summed E-state index contributed by atoms with van der Waals surface area (Å²) in [5.74, 6) is 0.992. The fourth-order valence-corrected chi connectivity index (χ4v) is 4.14.